The first-order valence-electron chi connectivity index (χ1n) is 6.43. The summed E-state index contributed by atoms with van der Waals surface area (Å²) >= 11 is 11.8. The van der Waals surface area contributed by atoms with E-state index in [0.29, 0.717) is 15.8 Å². The summed E-state index contributed by atoms with van der Waals surface area (Å²) in [4.78, 5) is 11.9. The molecule has 0 atom stereocenters. The number of H-pyrrole nitrogens is 1. The fourth-order valence-corrected chi connectivity index (χ4v) is 2.99. The zero-order valence-corrected chi connectivity index (χ0v) is 11.6. The summed E-state index contributed by atoms with van der Waals surface area (Å²) in [5, 5.41) is 0.785. The number of fused-ring (bicyclic) bond motifs is 1. The van der Waals surface area contributed by atoms with Gasteiger partial charge < -0.3 is 4.98 Å². The maximum Gasteiger partial charge on any atom is 0.179 e. The van der Waals surface area contributed by atoms with Crippen LogP contribution in [0.3, 0.4) is 0 Å². The topological polar surface area (TPSA) is 41.6 Å². The Morgan fingerprint density at radius 2 is 2.00 bits per heavy atom. The molecule has 1 aliphatic rings. The standard InChI is InChI=1S/C13H15Cl2N3/c14-9-7-10-13(18-12(9)15)17-11(16-10)6-5-8-3-1-2-4-8/h7-8H,1-6H2,(H,16,17,18). The van der Waals surface area contributed by atoms with Crippen LogP contribution in [0.25, 0.3) is 11.2 Å². The van der Waals surface area contributed by atoms with Crippen LogP contribution in [-0.2, 0) is 6.42 Å². The van der Waals surface area contributed by atoms with Crippen LogP contribution in [0.1, 0.15) is 37.9 Å². The van der Waals surface area contributed by atoms with E-state index in [1.165, 1.54) is 32.1 Å². The van der Waals surface area contributed by atoms with E-state index in [-0.39, 0.29) is 0 Å². The quantitative estimate of drug-likeness (QED) is 0.849. The van der Waals surface area contributed by atoms with Gasteiger partial charge in [0.05, 0.1) is 10.5 Å². The molecule has 0 aromatic carbocycles. The molecule has 0 unspecified atom stereocenters. The fourth-order valence-electron chi connectivity index (χ4n) is 2.70. The van der Waals surface area contributed by atoms with Crippen molar-refractivity contribution in [3.8, 4) is 0 Å². The van der Waals surface area contributed by atoms with Gasteiger partial charge in [0.2, 0.25) is 0 Å². The predicted molar refractivity (Wildman–Crippen MR) is 74.2 cm³/mol. The van der Waals surface area contributed by atoms with Gasteiger partial charge in [0.25, 0.3) is 0 Å². The predicted octanol–water partition coefficient (Wildman–Crippen LogP) is 4.39. The van der Waals surface area contributed by atoms with Crippen molar-refractivity contribution in [2.45, 2.75) is 38.5 Å². The highest BCUT2D eigenvalue weighted by atomic mass is 35.5. The van der Waals surface area contributed by atoms with Crippen molar-refractivity contribution in [3.63, 3.8) is 0 Å². The smallest absolute Gasteiger partial charge is 0.179 e. The molecule has 1 N–H and O–H groups in total. The second-order valence-corrected chi connectivity index (χ2v) is 5.77. The number of aryl methyl sites for hydroxylation is 1. The molecule has 0 bridgehead atoms. The minimum absolute atomic E-state index is 0.318. The monoisotopic (exact) mass is 283 g/mol. The van der Waals surface area contributed by atoms with Crippen LogP contribution in [0.15, 0.2) is 6.07 Å². The molecule has 0 spiro atoms. The third-order valence-electron chi connectivity index (χ3n) is 3.70. The van der Waals surface area contributed by atoms with Gasteiger partial charge in [0.1, 0.15) is 11.0 Å². The lowest BCUT2D eigenvalue weighted by Gasteiger charge is -2.05. The van der Waals surface area contributed by atoms with Gasteiger partial charge >= 0.3 is 0 Å². The van der Waals surface area contributed by atoms with Gasteiger partial charge in [-0.05, 0) is 18.4 Å². The van der Waals surface area contributed by atoms with Crippen molar-refractivity contribution in [2.24, 2.45) is 5.92 Å². The van der Waals surface area contributed by atoms with Crippen LogP contribution in [0.5, 0.6) is 0 Å². The van der Waals surface area contributed by atoms with Gasteiger partial charge in [-0.1, -0.05) is 48.9 Å². The first-order valence-corrected chi connectivity index (χ1v) is 7.18. The number of aromatic nitrogens is 3. The molecule has 5 heteroatoms. The fraction of sp³-hybridized carbons (Fsp3) is 0.538. The second kappa shape index (κ2) is 5.06. The summed E-state index contributed by atoms with van der Waals surface area (Å²) in [6.07, 6.45) is 7.71. The molecule has 1 saturated carbocycles. The molecule has 1 aliphatic carbocycles. The summed E-state index contributed by atoms with van der Waals surface area (Å²) in [5.41, 5.74) is 1.52. The van der Waals surface area contributed by atoms with Crippen molar-refractivity contribution < 1.29 is 0 Å². The van der Waals surface area contributed by atoms with Gasteiger partial charge in [-0.25, -0.2) is 9.97 Å². The molecule has 1 fully saturated rings. The van der Waals surface area contributed by atoms with Gasteiger partial charge in [-0.2, -0.15) is 0 Å². The van der Waals surface area contributed by atoms with E-state index >= 15 is 0 Å². The number of imidazole rings is 1. The molecular weight excluding hydrogens is 269 g/mol. The number of hydrogen-bond donors (Lipinski definition) is 1. The van der Waals surface area contributed by atoms with Crippen LogP contribution in [0, 0.1) is 5.92 Å². The largest absolute Gasteiger partial charge is 0.341 e. The molecule has 0 saturated heterocycles. The Labute approximate surface area is 116 Å². The minimum atomic E-state index is 0.318. The Kier molecular flexibility index (Phi) is 3.44. The average Bonchev–Trinajstić information content (AvgIpc) is 2.96. The van der Waals surface area contributed by atoms with Crippen LogP contribution >= 0.6 is 23.2 Å². The molecular formula is C13H15Cl2N3. The number of aromatic amines is 1. The lowest BCUT2D eigenvalue weighted by atomic mass is 10.0. The van der Waals surface area contributed by atoms with Crippen LogP contribution in [0.2, 0.25) is 10.2 Å². The van der Waals surface area contributed by atoms with Gasteiger partial charge in [0, 0.05) is 6.42 Å². The SMILES string of the molecule is Clc1cc2[nH]c(CCC3CCCC3)nc2nc1Cl. The van der Waals surface area contributed by atoms with E-state index < -0.39 is 0 Å². The van der Waals surface area contributed by atoms with Crippen molar-refractivity contribution >= 4 is 34.4 Å². The van der Waals surface area contributed by atoms with Gasteiger partial charge in [-0.15, -0.1) is 0 Å². The highest BCUT2D eigenvalue weighted by Gasteiger charge is 2.16. The highest BCUT2D eigenvalue weighted by Crippen LogP contribution is 2.29. The zero-order chi connectivity index (χ0) is 12.5. The molecule has 0 aliphatic heterocycles. The maximum atomic E-state index is 5.94. The number of pyridine rings is 1. The number of nitrogens with zero attached hydrogens (tertiary/aromatic N) is 2. The number of rotatable bonds is 3. The number of nitrogens with one attached hydrogen (secondary N) is 1. The number of halogens is 2. The first kappa shape index (κ1) is 12.2. The molecule has 0 radical (unpaired) electrons. The molecule has 2 heterocycles. The van der Waals surface area contributed by atoms with E-state index in [1.807, 2.05) is 0 Å². The Morgan fingerprint density at radius 1 is 1.22 bits per heavy atom. The van der Waals surface area contributed by atoms with Gasteiger partial charge in [0.15, 0.2) is 5.65 Å². The van der Waals surface area contributed by atoms with E-state index in [4.69, 9.17) is 23.2 Å². The van der Waals surface area contributed by atoms with Crippen molar-refractivity contribution in [3.05, 3.63) is 22.1 Å². The Morgan fingerprint density at radius 3 is 2.78 bits per heavy atom. The maximum absolute atomic E-state index is 5.94. The molecule has 96 valence electrons. The summed E-state index contributed by atoms with van der Waals surface area (Å²) in [7, 11) is 0. The Balaban J connectivity index is 1.76. The molecule has 3 rings (SSSR count). The molecule has 0 amide bonds. The summed E-state index contributed by atoms with van der Waals surface area (Å²) < 4.78 is 0. The van der Waals surface area contributed by atoms with Crippen molar-refractivity contribution in [2.75, 3.05) is 0 Å². The van der Waals surface area contributed by atoms with E-state index in [9.17, 15) is 0 Å². The summed E-state index contributed by atoms with van der Waals surface area (Å²) in [5.74, 6) is 1.86. The van der Waals surface area contributed by atoms with E-state index in [2.05, 4.69) is 15.0 Å². The van der Waals surface area contributed by atoms with Crippen LogP contribution < -0.4 is 0 Å². The Bertz CT molecular complexity index is 520. The first-order chi connectivity index (χ1) is 8.72. The highest BCUT2D eigenvalue weighted by molar-refractivity contribution is 6.41. The Hall–Kier alpha value is -0.800. The van der Waals surface area contributed by atoms with Crippen molar-refractivity contribution in [1.82, 2.24) is 15.0 Å². The van der Waals surface area contributed by atoms with Crippen LogP contribution in [0.4, 0.5) is 0 Å². The van der Waals surface area contributed by atoms with E-state index in [1.54, 1.807) is 6.07 Å². The molecule has 2 aromatic heterocycles. The zero-order valence-electron chi connectivity index (χ0n) is 10.0. The third kappa shape index (κ3) is 2.47. The summed E-state index contributed by atoms with van der Waals surface area (Å²) in [6.45, 7) is 0. The molecule has 3 nitrogen and oxygen atoms in total. The summed E-state index contributed by atoms with van der Waals surface area (Å²) in [6, 6.07) is 1.79. The molecule has 18 heavy (non-hydrogen) atoms. The van der Waals surface area contributed by atoms with Crippen LogP contribution in [-0.4, -0.2) is 15.0 Å². The lowest BCUT2D eigenvalue weighted by molar-refractivity contribution is 0.498. The molecule has 2 aromatic rings. The lowest BCUT2D eigenvalue weighted by Crippen LogP contribution is -1.97. The third-order valence-corrected chi connectivity index (χ3v) is 4.37. The average molecular weight is 284 g/mol. The van der Waals surface area contributed by atoms with E-state index in [0.717, 1.165) is 23.7 Å². The number of hydrogen-bond acceptors (Lipinski definition) is 2. The minimum Gasteiger partial charge on any atom is -0.341 e. The van der Waals surface area contributed by atoms with Gasteiger partial charge in [-0.3, -0.25) is 0 Å². The van der Waals surface area contributed by atoms with Crippen molar-refractivity contribution in [1.29, 1.82) is 0 Å². The second-order valence-electron chi connectivity index (χ2n) is 5.00. The normalized spacial score (nSPS) is 16.8.